The summed E-state index contributed by atoms with van der Waals surface area (Å²) in [6.45, 7) is 5.85. The summed E-state index contributed by atoms with van der Waals surface area (Å²) < 4.78 is 12.7. The van der Waals surface area contributed by atoms with Crippen LogP contribution >= 0.6 is 0 Å². The average Bonchev–Trinajstić information content (AvgIpc) is 3.18. The van der Waals surface area contributed by atoms with E-state index in [4.69, 9.17) is 9.15 Å². The van der Waals surface area contributed by atoms with E-state index >= 15 is 0 Å². The molecule has 0 fully saturated rings. The van der Waals surface area contributed by atoms with Gasteiger partial charge >= 0.3 is 5.97 Å². The van der Waals surface area contributed by atoms with Crippen LogP contribution in [0.2, 0.25) is 0 Å². The van der Waals surface area contributed by atoms with E-state index < -0.39 is 5.97 Å². The molecule has 0 aliphatic rings. The Morgan fingerprint density at radius 1 is 1.13 bits per heavy atom. The Kier molecular flexibility index (Phi) is 5.54. The Morgan fingerprint density at radius 2 is 1.90 bits per heavy atom. The van der Waals surface area contributed by atoms with Gasteiger partial charge in [-0.25, -0.2) is 9.48 Å². The Morgan fingerprint density at radius 3 is 2.65 bits per heavy atom. The number of rotatable bonds is 5. The topological polar surface area (TPSA) is 74.3 Å². The summed E-state index contributed by atoms with van der Waals surface area (Å²) in [5, 5.41) is 4.96. The lowest BCUT2D eigenvalue weighted by Crippen LogP contribution is -2.07. The molecule has 0 unspecified atom stereocenters. The molecule has 6 nitrogen and oxygen atoms in total. The molecule has 2 heterocycles. The zero-order valence-electron chi connectivity index (χ0n) is 17.6. The second kappa shape index (κ2) is 8.44. The van der Waals surface area contributed by atoms with Crippen LogP contribution in [-0.2, 0) is 4.74 Å². The lowest BCUT2D eigenvalue weighted by Gasteiger charge is -2.04. The number of hydrogen-bond acceptors (Lipinski definition) is 5. The van der Waals surface area contributed by atoms with Crippen LogP contribution in [-0.4, -0.2) is 22.4 Å². The fraction of sp³-hybridized carbons (Fsp3) is 0.160. The fourth-order valence-electron chi connectivity index (χ4n) is 3.46. The number of esters is 1. The number of aromatic nitrogens is 2. The second-order valence-electron chi connectivity index (χ2n) is 7.24. The van der Waals surface area contributed by atoms with Crippen molar-refractivity contribution in [3.63, 3.8) is 0 Å². The highest BCUT2D eigenvalue weighted by Gasteiger charge is 2.17. The molecular formula is C25H22N2O4. The van der Waals surface area contributed by atoms with Crippen molar-refractivity contribution in [1.29, 1.82) is 0 Å². The van der Waals surface area contributed by atoms with E-state index in [9.17, 15) is 9.59 Å². The van der Waals surface area contributed by atoms with Gasteiger partial charge in [0, 0.05) is 17.8 Å². The third-order valence-corrected chi connectivity index (χ3v) is 4.84. The molecule has 0 radical (unpaired) electrons. The molecule has 0 spiro atoms. The molecule has 31 heavy (non-hydrogen) atoms. The molecule has 6 heteroatoms. The minimum atomic E-state index is -0.511. The van der Waals surface area contributed by atoms with Gasteiger partial charge in [0.05, 0.1) is 17.7 Å². The maximum Gasteiger partial charge on any atom is 0.359 e. The molecule has 2 aromatic carbocycles. The summed E-state index contributed by atoms with van der Waals surface area (Å²) in [6.07, 6.45) is 5.10. The predicted molar refractivity (Wildman–Crippen MR) is 120 cm³/mol. The van der Waals surface area contributed by atoms with Crippen LogP contribution in [0.1, 0.15) is 39.9 Å². The molecule has 2 aromatic heterocycles. The number of carbonyl (C=O) groups excluding carboxylic acids is 1. The van der Waals surface area contributed by atoms with Crippen molar-refractivity contribution in [3.8, 4) is 5.69 Å². The summed E-state index contributed by atoms with van der Waals surface area (Å²) in [7, 11) is 0. The van der Waals surface area contributed by atoms with Gasteiger partial charge in [0.2, 0.25) is 0 Å². The van der Waals surface area contributed by atoms with Gasteiger partial charge in [0.15, 0.2) is 11.1 Å². The molecule has 0 amide bonds. The van der Waals surface area contributed by atoms with Crippen LogP contribution in [0.25, 0.3) is 28.8 Å². The van der Waals surface area contributed by atoms with Crippen LogP contribution in [0, 0.1) is 13.8 Å². The van der Waals surface area contributed by atoms with Gasteiger partial charge < -0.3 is 9.15 Å². The third-order valence-electron chi connectivity index (χ3n) is 4.84. The van der Waals surface area contributed by atoms with Crippen LogP contribution in [0.4, 0.5) is 0 Å². The monoisotopic (exact) mass is 414 g/mol. The molecule has 4 rings (SSSR count). The first-order valence-electron chi connectivity index (χ1n) is 10.0. The van der Waals surface area contributed by atoms with E-state index in [1.54, 1.807) is 30.0 Å². The average molecular weight is 414 g/mol. The highest BCUT2D eigenvalue weighted by atomic mass is 16.5. The molecule has 0 bridgehead atoms. The first-order valence-corrected chi connectivity index (χ1v) is 10.0. The normalized spacial score (nSPS) is 11.3. The predicted octanol–water partition coefficient (Wildman–Crippen LogP) is 4.94. The number of ether oxygens (including phenoxy) is 1. The first kappa shape index (κ1) is 20.3. The van der Waals surface area contributed by atoms with E-state index in [0.29, 0.717) is 22.3 Å². The maximum atomic E-state index is 12.6. The summed E-state index contributed by atoms with van der Waals surface area (Å²) >= 11 is 0. The minimum absolute atomic E-state index is 0.113. The molecule has 4 aromatic rings. The molecule has 0 aliphatic carbocycles. The highest BCUT2D eigenvalue weighted by Crippen LogP contribution is 2.21. The van der Waals surface area contributed by atoms with Gasteiger partial charge in [0.25, 0.3) is 0 Å². The number of hydrogen-bond donors (Lipinski definition) is 0. The second-order valence-corrected chi connectivity index (χ2v) is 7.24. The Bertz CT molecular complexity index is 1350. The van der Waals surface area contributed by atoms with E-state index in [1.165, 1.54) is 6.07 Å². The lowest BCUT2D eigenvalue weighted by molar-refractivity contribution is 0.0518. The number of aryl methyl sites for hydroxylation is 2. The smallest absolute Gasteiger partial charge is 0.359 e. The fourth-order valence-corrected chi connectivity index (χ4v) is 3.46. The number of nitrogens with zero attached hydrogens (tertiary/aromatic N) is 2. The van der Waals surface area contributed by atoms with Crippen LogP contribution in [0.15, 0.2) is 63.9 Å². The van der Waals surface area contributed by atoms with Crippen molar-refractivity contribution in [1.82, 2.24) is 9.78 Å². The number of para-hydroxylation sites is 1. The van der Waals surface area contributed by atoms with Crippen molar-refractivity contribution in [2.24, 2.45) is 0 Å². The molecule has 0 saturated carbocycles. The van der Waals surface area contributed by atoms with Crippen molar-refractivity contribution in [2.45, 2.75) is 20.8 Å². The summed E-state index contributed by atoms with van der Waals surface area (Å²) in [6, 6.07) is 14.7. The Hall–Kier alpha value is -3.93. The summed E-state index contributed by atoms with van der Waals surface area (Å²) in [4.78, 5) is 25.0. The Balaban J connectivity index is 1.77. The molecule has 0 saturated heterocycles. The van der Waals surface area contributed by atoms with E-state index in [0.717, 1.165) is 16.8 Å². The zero-order chi connectivity index (χ0) is 22.0. The van der Waals surface area contributed by atoms with E-state index in [1.807, 2.05) is 56.3 Å². The van der Waals surface area contributed by atoms with Crippen LogP contribution < -0.4 is 5.43 Å². The molecule has 156 valence electrons. The first-order chi connectivity index (χ1) is 15.0. The number of carbonyl (C=O) groups is 1. The van der Waals surface area contributed by atoms with Crippen molar-refractivity contribution in [2.75, 3.05) is 6.61 Å². The molecule has 0 atom stereocenters. The lowest BCUT2D eigenvalue weighted by atomic mass is 10.1. The quantitative estimate of drug-likeness (QED) is 0.432. The SMILES string of the molecule is CCOC(=O)c1nn(-c2ccccc2)cc1/C=C/c1cc(=O)c2cc(C)cc(C)c2o1. The largest absolute Gasteiger partial charge is 0.461 e. The van der Waals surface area contributed by atoms with Crippen molar-refractivity contribution < 1.29 is 13.9 Å². The number of benzene rings is 2. The van der Waals surface area contributed by atoms with E-state index in [2.05, 4.69) is 5.10 Å². The number of fused-ring (bicyclic) bond motifs is 1. The third kappa shape index (κ3) is 4.19. The van der Waals surface area contributed by atoms with Gasteiger partial charge in [0.1, 0.15) is 11.3 Å². The van der Waals surface area contributed by atoms with Gasteiger partial charge in [-0.3, -0.25) is 4.79 Å². The Labute approximate surface area is 179 Å². The van der Waals surface area contributed by atoms with Gasteiger partial charge in [-0.1, -0.05) is 24.3 Å². The zero-order valence-corrected chi connectivity index (χ0v) is 17.6. The molecule has 0 aliphatic heterocycles. The summed E-state index contributed by atoms with van der Waals surface area (Å²) in [5.41, 5.74) is 3.92. The van der Waals surface area contributed by atoms with E-state index in [-0.39, 0.29) is 17.7 Å². The van der Waals surface area contributed by atoms with Gasteiger partial charge in [-0.15, -0.1) is 0 Å². The van der Waals surface area contributed by atoms with Crippen LogP contribution in [0.3, 0.4) is 0 Å². The molecule has 0 N–H and O–H groups in total. The van der Waals surface area contributed by atoms with Crippen molar-refractivity contribution >= 4 is 29.1 Å². The minimum Gasteiger partial charge on any atom is -0.461 e. The maximum absolute atomic E-state index is 12.6. The summed E-state index contributed by atoms with van der Waals surface area (Å²) in [5.74, 6) is -0.116. The van der Waals surface area contributed by atoms with Gasteiger partial charge in [-0.2, -0.15) is 5.10 Å². The van der Waals surface area contributed by atoms with Gasteiger partial charge in [-0.05, 0) is 62.2 Å². The highest BCUT2D eigenvalue weighted by molar-refractivity contribution is 5.93. The standard InChI is InChI=1S/C25H22N2O4/c1-4-30-25(29)23-18(15-27(26-23)19-8-6-5-7-9-19)10-11-20-14-22(28)21-13-16(2)12-17(3)24(21)31-20/h5-15H,4H2,1-3H3/b11-10+. The van der Waals surface area contributed by atoms with Crippen molar-refractivity contribution in [3.05, 3.63) is 93.1 Å². The van der Waals surface area contributed by atoms with Crippen LogP contribution in [0.5, 0.6) is 0 Å². The molecular weight excluding hydrogens is 392 g/mol.